The molecule has 9 nitrogen and oxygen atoms in total. The van der Waals surface area contributed by atoms with Gasteiger partial charge in [0.15, 0.2) is 17.3 Å². The Morgan fingerprint density at radius 1 is 1.19 bits per heavy atom. The van der Waals surface area contributed by atoms with Gasteiger partial charge in [-0.1, -0.05) is 6.92 Å². The summed E-state index contributed by atoms with van der Waals surface area (Å²) in [5.74, 6) is 0.583. The quantitative estimate of drug-likeness (QED) is 0.344. The number of aryl methyl sites for hydroxylation is 1. The average molecular weight is 503 g/mol. The molecule has 0 bridgehead atoms. The second-order valence-corrected chi connectivity index (χ2v) is 9.38. The van der Waals surface area contributed by atoms with E-state index in [0.717, 1.165) is 19.3 Å². The van der Waals surface area contributed by atoms with Crippen LogP contribution in [-0.2, 0) is 6.54 Å². The van der Waals surface area contributed by atoms with Gasteiger partial charge in [0, 0.05) is 13.1 Å². The topological polar surface area (TPSA) is 105 Å². The van der Waals surface area contributed by atoms with Gasteiger partial charge in [-0.15, -0.1) is 5.10 Å². The number of fused-ring (bicyclic) bond motifs is 2. The molecule has 12 heteroatoms. The molecule has 0 aliphatic heterocycles. The summed E-state index contributed by atoms with van der Waals surface area (Å²) < 4.78 is 44.3. The molecule has 0 radical (unpaired) electrons. The number of imidazole rings is 1. The lowest BCUT2D eigenvalue weighted by molar-refractivity contribution is -0.00198. The van der Waals surface area contributed by atoms with Crippen LogP contribution in [0, 0.1) is 12.7 Å². The fourth-order valence-electron chi connectivity index (χ4n) is 4.98. The van der Waals surface area contributed by atoms with E-state index in [1.807, 2.05) is 6.92 Å². The van der Waals surface area contributed by atoms with E-state index in [1.165, 1.54) is 15.3 Å². The summed E-state index contributed by atoms with van der Waals surface area (Å²) in [6, 6.07) is 3.36. The maximum atomic E-state index is 15.3. The number of aliphatic hydroxyl groups is 1. The zero-order valence-electron chi connectivity index (χ0n) is 20.4. The summed E-state index contributed by atoms with van der Waals surface area (Å²) in [4.78, 5) is 13.4. The van der Waals surface area contributed by atoms with Crippen LogP contribution in [0.5, 0.6) is 0 Å². The molecule has 0 saturated heterocycles. The normalized spacial score (nSPS) is 20.5. The SMILES string of the molecule is CCC1(O)CCC(Nc2nc(NC)c3c(-c4ccc5nc(C)n(CC(F)F)c5n4)c(F)cn3n2)CC1. The predicted octanol–water partition coefficient (Wildman–Crippen LogP) is 4.39. The highest BCUT2D eigenvalue weighted by molar-refractivity contribution is 5.89. The monoisotopic (exact) mass is 502 g/mol. The fourth-order valence-corrected chi connectivity index (χ4v) is 4.98. The first-order chi connectivity index (χ1) is 17.2. The van der Waals surface area contributed by atoms with Gasteiger partial charge in [0.1, 0.15) is 16.9 Å². The van der Waals surface area contributed by atoms with E-state index in [1.54, 1.807) is 26.1 Å². The van der Waals surface area contributed by atoms with Crippen LogP contribution in [0.15, 0.2) is 18.3 Å². The Kier molecular flexibility index (Phi) is 6.23. The van der Waals surface area contributed by atoms with E-state index in [-0.39, 0.29) is 22.9 Å². The standard InChI is InChI=1S/C24H29F3N8O/c1-4-24(36)9-7-14(8-10-24)30-23-32-21(28-3)20-19(15(25)11-35(20)33-23)16-5-6-17-22(31-16)34(12-18(26)27)13(2)29-17/h5-6,11,14,18,36H,4,7-10,12H2,1-3H3,(H2,28,30,32,33). The van der Waals surface area contributed by atoms with Crippen molar-refractivity contribution in [3.63, 3.8) is 0 Å². The van der Waals surface area contributed by atoms with Crippen molar-refractivity contribution < 1.29 is 18.3 Å². The second kappa shape index (κ2) is 9.23. The Morgan fingerprint density at radius 2 is 1.94 bits per heavy atom. The number of hydrogen-bond acceptors (Lipinski definition) is 7. The van der Waals surface area contributed by atoms with E-state index in [9.17, 15) is 13.9 Å². The number of hydrogen-bond donors (Lipinski definition) is 3. The van der Waals surface area contributed by atoms with E-state index in [4.69, 9.17) is 0 Å². The summed E-state index contributed by atoms with van der Waals surface area (Å²) in [6.07, 6.45) is 2.35. The van der Waals surface area contributed by atoms with Crippen LogP contribution in [0.25, 0.3) is 27.9 Å². The van der Waals surface area contributed by atoms with Crippen molar-refractivity contribution in [3.05, 3.63) is 30.0 Å². The summed E-state index contributed by atoms with van der Waals surface area (Å²) in [5, 5.41) is 21.3. The zero-order valence-corrected chi connectivity index (χ0v) is 20.4. The molecule has 4 aromatic heterocycles. The third-order valence-corrected chi connectivity index (χ3v) is 7.09. The highest BCUT2D eigenvalue weighted by Crippen LogP contribution is 2.35. The van der Waals surface area contributed by atoms with Crippen molar-refractivity contribution in [2.75, 3.05) is 17.7 Å². The first-order valence-electron chi connectivity index (χ1n) is 12.1. The second-order valence-electron chi connectivity index (χ2n) is 9.38. The van der Waals surface area contributed by atoms with Crippen molar-refractivity contribution in [2.24, 2.45) is 0 Å². The van der Waals surface area contributed by atoms with Gasteiger partial charge in [-0.25, -0.2) is 27.7 Å². The number of rotatable bonds is 7. The Labute approximate surface area is 205 Å². The van der Waals surface area contributed by atoms with Gasteiger partial charge in [0.2, 0.25) is 5.95 Å². The number of nitrogens with zero attached hydrogens (tertiary/aromatic N) is 6. The molecule has 1 saturated carbocycles. The van der Waals surface area contributed by atoms with Gasteiger partial charge in [0.25, 0.3) is 6.43 Å². The maximum absolute atomic E-state index is 15.3. The van der Waals surface area contributed by atoms with Crippen molar-refractivity contribution in [3.8, 4) is 11.3 Å². The van der Waals surface area contributed by atoms with Gasteiger partial charge in [-0.2, -0.15) is 4.98 Å². The van der Waals surface area contributed by atoms with E-state index in [0.29, 0.717) is 41.5 Å². The van der Waals surface area contributed by atoms with Crippen LogP contribution in [0.4, 0.5) is 24.9 Å². The predicted molar refractivity (Wildman–Crippen MR) is 131 cm³/mol. The molecular formula is C24H29F3N8O. The van der Waals surface area contributed by atoms with Gasteiger partial charge in [-0.3, -0.25) is 0 Å². The molecule has 0 unspecified atom stereocenters. The smallest absolute Gasteiger partial charge is 0.256 e. The van der Waals surface area contributed by atoms with Crippen molar-refractivity contribution in [2.45, 2.75) is 70.6 Å². The number of aromatic nitrogens is 6. The van der Waals surface area contributed by atoms with Crippen molar-refractivity contribution in [1.29, 1.82) is 0 Å². The molecule has 4 aromatic rings. The number of alkyl halides is 2. The molecule has 0 atom stereocenters. The Bertz CT molecular complexity index is 1410. The number of halogens is 3. The average Bonchev–Trinajstić information content (AvgIpc) is 3.34. The van der Waals surface area contributed by atoms with E-state index in [2.05, 4.69) is 30.7 Å². The minimum Gasteiger partial charge on any atom is -0.390 e. The molecule has 5 rings (SSSR count). The van der Waals surface area contributed by atoms with Gasteiger partial charge in [-0.05, 0) is 51.2 Å². The minimum absolute atomic E-state index is 0.0984. The maximum Gasteiger partial charge on any atom is 0.256 e. The summed E-state index contributed by atoms with van der Waals surface area (Å²) in [7, 11) is 1.68. The Morgan fingerprint density at radius 3 is 2.61 bits per heavy atom. The van der Waals surface area contributed by atoms with Gasteiger partial charge in [0.05, 0.1) is 29.6 Å². The minimum atomic E-state index is -2.58. The van der Waals surface area contributed by atoms with E-state index < -0.39 is 24.4 Å². The van der Waals surface area contributed by atoms with Crippen LogP contribution < -0.4 is 10.6 Å². The summed E-state index contributed by atoms with van der Waals surface area (Å²) >= 11 is 0. The molecule has 1 aliphatic rings. The summed E-state index contributed by atoms with van der Waals surface area (Å²) in [6.45, 7) is 3.08. The van der Waals surface area contributed by atoms with Crippen LogP contribution >= 0.6 is 0 Å². The molecule has 36 heavy (non-hydrogen) atoms. The number of anilines is 2. The number of nitrogens with one attached hydrogen (secondary N) is 2. The van der Waals surface area contributed by atoms with Crippen LogP contribution in [0.3, 0.4) is 0 Å². The lowest BCUT2D eigenvalue weighted by atomic mass is 9.80. The lowest BCUT2D eigenvalue weighted by Crippen LogP contribution is -2.38. The Balaban J connectivity index is 1.52. The molecule has 3 N–H and O–H groups in total. The third kappa shape index (κ3) is 4.34. The molecule has 1 aliphatic carbocycles. The fraction of sp³-hybridized carbons (Fsp3) is 0.500. The van der Waals surface area contributed by atoms with E-state index >= 15 is 4.39 Å². The molecular weight excluding hydrogens is 473 g/mol. The number of pyridine rings is 1. The molecule has 0 amide bonds. The molecule has 192 valence electrons. The zero-order chi connectivity index (χ0) is 25.6. The van der Waals surface area contributed by atoms with Crippen LogP contribution in [-0.4, -0.2) is 59.4 Å². The molecule has 1 fully saturated rings. The largest absolute Gasteiger partial charge is 0.390 e. The third-order valence-electron chi connectivity index (χ3n) is 7.09. The first kappa shape index (κ1) is 24.3. The Hall–Kier alpha value is -3.41. The van der Waals surface area contributed by atoms with Crippen molar-refractivity contribution >= 4 is 28.4 Å². The molecule has 0 aromatic carbocycles. The molecule has 4 heterocycles. The van der Waals surface area contributed by atoms with Gasteiger partial charge < -0.3 is 20.3 Å². The highest BCUT2D eigenvalue weighted by Gasteiger charge is 2.32. The van der Waals surface area contributed by atoms with Gasteiger partial charge >= 0.3 is 0 Å². The van der Waals surface area contributed by atoms with Crippen LogP contribution in [0.1, 0.15) is 44.9 Å². The summed E-state index contributed by atoms with van der Waals surface area (Å²) in [5.41, 5.74) is 0.923. The first-order valence-corrected chi connectivity index (χ1v) is 12.1. The van der Waals surface area contributed by atoms with Crippen molar-refractivity contribution in [1.82, 2.24) is 29.1 Å². The highest BCUT2D eigenvalue weighted by atomic mass is 19.3. The lowest BCUT2D eigenvalue weighted by Gasteiger charge is -2.35. The molecule has 0 spiro atoms. The van der Waals surface area contributed by atoms with Crippen LogP contribution in [0.2, 0.25) is 0 Å².